The molecule has 0 unspecified atom stereocenters. The van der Waals surface area contributed by atoms with Crippen LogP contribution in [0.2, 0.25) is 5.02 Å². The van der Waals surface area contributed by atoms with E-state index >= 15 is 0 Å². The maximum absolute atomic E-state index is 13.2. The lowest BCUT2D eigenvalue weighted by Gasteiger charge is -2.08. The van der Waals surface area contributed by atoms with Crippen LogP contribution >= 0.6 is 22.3 Å². The van der Waals surface area contributed by atoms with Crippen molar-refractivity contribution >= 4 is 31.3 Å². The molecule has 0 N–H and O–H groups in total. The van der Waals surface area contributed by atoms with Gasteiger partial charge in [0, 0.05) is 16.2 Å². The summed E-state index contributed by atoms with van der Waals surface area (Å²) in [5.41, 5.74) is 0.501. The van der Waals surface area contributed by atoms with Crippen molar-refractivity contribution in [1.82, 2.24) is 0 Å². The van der Waals surface area contributed by atoms with Crippen molar-refractivity contribution < 1.29 is 17.5 Å². The first-order valence-electron chi connectivity index (χ1n) is 5.48. The molecule has 0 aliphatic carbocycles. The Labute approximate surface area is 125 Å². The van der Waals surface area contributed by atoms with Crippen LogP contribution in [0.5, 0.6) is 5.75 Å². The van der Waals surface area contributed by atoms with Crippen LogP contribution < -0.4 is 4.74 Å². The number of hydrogen-bond acceptors (Lipinski definition) is 3. The molecule has 0 aliphatic rings. The van der Waals surface area contributed by atoms with Gasteiger partial charge in [0.2, 0.25) is 0 Å². The van der Waals surface area contributed by atoms with E-state index in [1.807, 2.05) is 0 Å². The zero-order valence-electron chi connectivity index (χ0n) is 10.0. The molecule has 7 heteroatoms. The minimum atomic E-state index is -3.75. The zero-order valence-corrected chi connectivity index (χ0v) is 12.3. The number of ether oxygens (including phenoxy) is 1. The first kappa shape index (κ1) is 15.1. The fourth-order valence-corrected chi connectivity index (χ4v) is 2.47. The average molecular weight is 335 g/mol. The summed E-state index contributed by atoms with van der Waals surface area (Å²) in [5, 5.41) is 0.00690. The number of hydrogen-bond donors (Lipinski definition) is 0. The summed E-state index contributed by atoms with van der Waals surface area (Å²) in [6.45, 7) is 0.0730. The van der Waals surface area contributed by atoms with Crippen LogP contribution in [0.3, 0.4) is 0 Å². The van der Waals surface area contributed by atoms with Gasteiger partial charge < -0.3 is 4.74 Å². The van der Waals surface area contributed by atoms with E-state index in [1.54, 1.807) is 6.07 Å². The van der Waals surface area contributed by atoms with E-state index in [1.165, 1.54) is 36.4 Å². The monoisotopic (exact) mass is 334 g/mol. The molecule has 0 heterocycles. The molecule has 0 radical (unpaired) electrons. The van der Waals surface area contributed by atoms with Gasteiger partial charge in [-0.1, -0.05) is 23.7 Å². The van der Waals surface area contributed by atoms with E-state index in [9.17, 15) is 12.8 Å². The van der Waals surface area contributed by atoms with Gasteiger partial charge in [-0.15, -0.1) is 0 Å². The van der Waals surface area contributed by atoms with Crippen LogP contribution in [0.4, 0.5) is 4.39 Å². The van der Waals surface area contributed by atoms with Gasteiger partial charge in [0.25, 0.3) is 9.05 Å². The highest BCUT2D eigenvalue weighted by molar-refractivity contribution is 8.13. The molecule has 0 saturated carbocycles. The molecule has 0 amide bonds. The van der Waals surface area contributed by atoms with E-state index in [0.29, 0.717) is 11.3 Å². The summed E-state index contributed by atoms with van der Waals surface area (Å²) in [6, 6.07) is 10.00. The Hall–Kier alpha value is -1.30. The highest BCUT2D eigenvalue weighted by atomic mass is 35.7. The Morgan fingerprint density at radius 1 is 1.10 bits per heavy atom. The molecule has 2 rings (SSSR count). The van der Waals surface area contributed by atoms with Crippen molar-refractivity contribution in [3.63, 3.8) is 0 Å². The maximum atomic E-state index is 13.2. The third-order valence-electron chi connectivity index (χ3n) is 2.53. The third kappa shape index (κ3) is 3.62. The van der Waals surface area contributed by atoms with Gasteiger partial charge in [0.15, 0.2) is 0 Å². The van der Waals surface area contributed by atoms with Crippen LogP contribution in [0.1, 0.15) is 5.56 Å². The van der Waals surface area contributed by atoms with Gasteiger partial charge in [0.1, 0.15) is 18.2 Å². The Balaban J connectivity index is 2.10. The van der Waals surface area contributed by atoms with E-state index in [4.69, 9.17) is 27.0 Å². The number of halogens is 3. The summed E-state index contributed by atoms with van der Waals surface area (Å²) < 4.78 is 40.8. The normalized spacial score (nSPS) is 11.3. The Kier molecular flexibility index (Phi) is 4.52. The standard InChI is InChI=1S/C13H9Cl2FO3S/c14-13-9(2-1-3-12(13)16)8-19-10-4-6-11(7-5-10)20(15,17)18/h1-7H,8H2. The molecule has 20 heavy (non-hydrogen) atoms. The predicted octanol–water partition coefficient (Wildman–Crippen LogP) is 3.99. The quantitative estimate of drug-likeness (QED) is 0.794. The van der Waals surface area contributed by atoms with Gasteiger partial charge in [-0.2, -0.15) is 0 Å². The Morgan fingerprint density at radius 2 is 1.75 bits per heavy atom. The van der Waals surface area contributed by atoms with Crippen LogP contribution in [0, 0.1) is 5.82 Å². The van der Waals surface area contributed by atoms with Crippen molar-refractivity contribution in [1.29, 1.82) is 0 Å². The molecular formula is C13H9Cl2FO3S. The summed E-state index contributed by atoms with van der Waals surface area (Å²) in [4.78, 5) is -0.0182. The Morgan fingerprint density at radius 3 is 2.35 bits per heavy atom. The van der Waals surface area contributed by atoms with Gasteiger partial charge in [-0.25, -0.2) is 12.8 Å². The van der Waals surface area contributed by atoms with Gasteiger partial charge in [-0.05, 0) is 30.3 Å². The third-order valence-corrected chi connectivity index (χ3v) is 4.32. The smallest absolute Gasteiger partial charge is 0.261 e. The van der Waals surface area contributed by atoms with Crippen LogP contribution in [0.15, 0.2) is 47.4 Å². The SMILES string of the molecule is O=S(=O)(Cl)c1ccc(OCc2cccc(F)c2Cl)cc1. The summed E-state index contributed by atoms with van der Waals surface area (Å²) in [7, 11) is 1.44. The molecule has 0 atom stereocenters. The zero-order chi connectivity index (χ0) is 14.8. The predicted molar refractivity (Wildman–Crippen MR) is 75.2 cm³/mol. The van der Waals surface area contributed by atoms with Crippen molar-refractivity contribution in [2.24, 2.45) is 0 Å². The summed E-state index contributed by atoms with van der Waals surface area (Å²) >= 11 is 5.79. The van der Waals surface area contributed by atoms with Crippen molar-refractivity contribution in [2.45, 2.75) is 11.5 Å². The largest absolute Gasteiger partial charge is 0.489 e. The Bertz CT molecular complexity index is 715. The van der Waals surface area contributed by atoms with Crippen LogP contribution in [0.25, 0.3) is 0 Å². The van der Waals surface area contributed by atoms with Crippen LogP contribution in [-0.4, -0.2) is 8.42 Å². The minimum Gasteiger partial charge on any atom is -0.489 e. The molecule has 0 spiro atoms. The second kappa shape index (κ2) is 5.99. The molecular weight excluding hydrogens is 326 g/mol. The molecule has 0 saturated heterocycles. The van der Waals surface area contributed by atoms with Crippen LogP contribution in [-0.2, 0) is 15.7 Å². The lowest BCUT2D eigenvalue weighted by molar-refractivity contribution is 0.305. The molecule has 106 valence electrons. The topological polar surface area (TPSA) is 43.4 Å². The van der Waals surface area contributed by atoms with Crippen molar-refractivity contribution in [2.75, 3.05) is 0 Å². The maximum Gasteiger partial charge on any atom is 0.261 e. The highest BCUT2D eigenvalue weighted by Crippen LogP contribution is 2.23. The average Bonchev–Trinajstić information content (AvgIpc) is 2.40. The molecule has 0 fully saturated rings. The van der Waals surface area contributed by atoms with E-state index in [0.717, 1.165) is 0 Å². The lowest BCUT2D eigenvalue weighted by Crippen LogP contribution is -1.98. The molecule has 0 aromatic heterocycles. The summed E-state index contributed by atoms with van der Waals surface area (Å²) in [5.74, 6) is -0.0919. The van der Waals surface area contributed by atoms with Crippen molar-refractivity contribution in [3.8, 4) is 5.75 Å². The molecule has 3 nitrogen and oxygen atoms in total. The molecule has 2 aromatic rings. The first-order valence-corrected chi connectivity index (χ1v) is 8.17. The molecule has 0 bridgehead atoms. The fraction of sp³-hybridized carbons (Fsp3) is 0.0769. The first-order chi connectivity index (χ1) is 9.38. The van der Waals surface area contributed by atoms with E-state index in [2.05, 4.69) is 0 Å². The second-order valence-electron chi connectivity index (χ2n) is 3.91. The van der Waals surface area contributed by atoms with E-state index in [-0.39, 0.29) is 16.5 Å². The highest BCUT2D eigenvalue weighted by Gasteiger charge is 2.10. The van der Waals surface area contributed by atoms with Gasteiger partial charge in [0.05, 0.1) is 9.92 Å². The molecule has 2 aromatic carbocycles. The number of benzene rings is 2. The van der Waals surface area contributed by atoms with E-state index < -0.39 is 14.9 Å². The molecule has 0 aliphatic heterocycles. The minimum absolute atomic E-state index is 0.00690. The van der Waals surface area contributed by atoms with Gasteiger partial charge in [-0.3, -0.25) is 0 Å². The lowest BCUT2D eigenvalue weighted by atomic mass is 10.2. The number of rotatable bonds is 4. The summed E-state index contributed by atoms with van der Waals surface area (Å²) in [6.07, 6.45) is 0. The van der Waals surface area contributed by atoms with Crippen molar-refractivity contribution in [3.05, 3.63) is 58.9 Å². The fourth-order valence-electron chi connectivity index (χ4n) is 1.52. The second-order valence-corrected chi connectivity index (χ2v) is 6.85. The van der Waals surface area contributed by atoms with Gasteiger partial charge >= 0.3 is 0 Å².